The largest absolute Gasteiger partial charge is 0.421 e. The van der Waals surface area contributed by atoms with E-state index in [1.165, 1.54) is 0 Å². The van der Waals surface area contributed by atoms with Gasteiger partial charge in [-0.2, -0.15) is 0 Å². The van der Waals surface area contributed by atoms with Crippen LogP contribution in [0.2, 0.25) is 0 Å². The van der Waals surface area contributed by atoms with Gasteiger partial charge in [-0.1, -0.05) is 50.1 Å². The lowest BCUT2D eigenvalue weighted by atomic mass is 10.0. The van der Waals surface area contributed by atoms with Gasteiger partial charge in [0, 0.05) is 13.1 Å². The second-order valence-corrected chi connectivity index (χ2v) is 6.60. The number of hydrogen-bond donors (Lipinski definition) is 0. The number of unbranched alkanes of at least 4 members (excludes halogenated alkanes) is 2. The van der Waals surface area contributed by atoms with Gasteiger partial charge in [0.05, 0.1) is 19.1 Å². The van der Waals surface area contributed by atoms with E-state index in [2.05, 4.69) is 6.92 Å². The van der Waals surface area contributed by atoms with E-state index in [1.807, 2.05) is 35.2 Å². The minimum Gasteiger partial charge on any atom is -0.400 e. The average Bonchev–Trinajstić information content (AvgIpc) is 2.90. The molecule has 1 aromatic rings. The molecule has 6 nitrogen and oxygen atoms in total. The molecule has 6 heteroatoms. The highest BCUT2D eigenvalue weighted by Crippen LogP contribution is 2.36. The molecule has 0 radical (unpaired) electrons. The van der Waals surface area contributed by atoms with Crippen LogP contribution in [0.1, 0.15) is 44.6 Å². The summed E-state index contributed by atoms with van der Waals surface area (Å²) in [5.41, 5.74) is 1.09. The fourth-order valence-electron chi connectivity index (χ4n) is 3.36. The first-order valence-electron chi connectivity index (χ1n) is 9.00. The Morgan fingerprint density at radius 3 is 2.56 bits per heavy atom. The van der Waals surface area contributed by atoms with Gasteiger partial charge in [-0.25, -0.2) is 14.5 Å². The maximum atomic E-state index is 11.6. The maximum absolute atomic E-state index is 11.6. The molecule has 2 fully saturated rings. The summed E-state index contributed by atoms with van der Waals surface area (Å²) in [6.45, 7) is 4.03. The van der Waals surface area contributed by atoms with Crippen LogP contribution in [0.3, 0.4) is 0 Å². The molecule has 3 rings (SSSR count). The van der Waals surface area contributed by atoms with Gasteiger partial charge in [-0.15, -0.1) is 0 Å². The van der Waals surface area contributed by atoms with E-state index in [0.717, 1.165) is 37.8 Å². The highest BCUT2D eigenvalue weighted by atomic mass is 16.8. The zero-order valence-corrected chi connectivity index (χ0v) is 14.6. The van der Waals surface area contributed by atoms with Crippen LogP contribution in [0.25, 0.3) is 0 Å². The summed E-state index contributed by atoms with van der Waals surface area (Å²) >= 11 is 0. The molecular weight excluding hydrogens is 322 g/mol. The van der Waals surface area contributed by atoms with Crippen molar-refractivity contribution in [2.75, 3.05) is 13.1 Å². The summed E-state index contributed by atoms with van der Waals surface area (Å²) in [5.74, 6) is -3.12. The molecule has 0 aromatic heterocycles. The first-order chi connectivity index (χ1) is 12.1. The lowest BCUT2D eigenvalue weighted by molar-refractivity contribution is -0.280. The van der Waals surface area contributed by atoms with Crippen molar-refractivity contribution in [3.63, 3.8) is 0 Å². The summed E-state index contributed by atoms with van der Waals surface area (Å²) in [4.78, 5) is 25.3. The quantitative estimate of drug-likeness (QED) is 0.429. The zero-order valence-electron chi connectivity index (χ0n) is 14.6. The summed E-state index contributed by atoms with van der Waals surface area (Å²) in [6.07, 6.45) is 4.20. The van der Waals surface area contributed by atoms with E-state index < -0.39 is 17.8 Å². The molecule has 0 saturated carbocycles. The summed E-state index contributed by atoms with van der Waals surface area (Å²) in [5, 5.41) is 0. The van der Waals surface area contributed by atoms with Gasteiger partial charge in [0.2, 0.25) is 0 Å². The van der Waals surface area contributed by atoms with Crippen molar-refractivity contribution in [1.82, 2.24) is 4.90 Å². The smallest absolute Gasteiger partial charge is 0.400 e. The van der Waals surface area contributed by atoms with Crippen LogP contribution in [0.5, 0.6) is 0 Å². The highest BCUT2D eigenvalue weighted by Gasteiger charge is 2.56. The predicted octanol–water partition coefficient (Wildman–Crippen LogP) is 2.61. The first-order valence-corrected chi connectivity index (χ1v) is 9.00. The molecule has 1 aromatic carbocycles. The number of benzene rings is 1. The van der Waals surface area contributed by atoms with Gasteiger partial charge in [-0.3, -0.25) is 0 Å². The molecule has 1 unspecified atom stereocenters. The molecule has 0 bridgehead atoms. The van der Waals surface area contributed by atoms with Crippen molar-refractivity contribution >= 4 is 11.9 Å². The number of carbonyl (C=O) groups is 2. The number of rotatable bonds is 7. The number of piperidine rings is 1. The summed E-state index contributed by atoms with van der Waals surface area (Å²) < 4.78 is 16.7. The van der Waals surface area contributed by atoms with Crippen molar-refractivity contribution in [1.29, 1.82) is 0 Å². The van der Waals surface area contributed by atoms with Crippen LogP contribution in [-0.4, -0.2) is 41.9 Å². The van der Waals surface area contributed by atoms with Gasteiger partial charge in [0.25, 0.3) is 0 Å². The van der Waals surface area contributed by atoms with Crippen molar-refractivity contribution in [2.24, 2.45) is 0 Å². The Morgan fingerprint density at radius 1 is 1.16 bits per heavy atom. The number of carbonyl (C=O) groups excluding carboxylic acids is 2. The molecular formula is C19H25NO5. The topological polar surface area (TPSA) is 65.1 Å². The van der Waals surface area contributed by atoms with E-state index in [0.29, 0.717) is 19.6 Å². The Balaban J connectivity index is 1.64. The first kappa shape index (κ1) is 17.9. The Kier molecular flexibility index (Phi) is 5.71. The molecule has 2 aliphatic rings. The van der Waals surface area contributed by atoms with E-state index in [1.54, 1.807) is 0 Å². The van der Waals surface area contributed by atoms with Gasteiger partial charge in [0.1, 0.15) is 0 Å². The maximum Gasteiger partial charge on any atom is 0.421 e. The second-order valence-electron chi connectivity index (χ2n) is 6.60. The van der Waals surface area contributed by atoms with E-state index in [-0.39, 0.29) is 6.10 Å². The Labute approximate surface area is 148 Å². The number of esters is 2. The van der Waals surface area contributed by atoms with Crippen LogP contribution >= 0.6 is 0 Å². The van der Waals surface area contributed by atoms with Crippen molar-refractivity contribution in [2.45, 2.75) is 57.6 Å². The fourth-order valence-corrected chi connectivity index (χ4v) is 3.36. The summed E-state index contributed by atoms with van der Waals surface area (Å²) in [6, 6.07) is 9.91. The zero-order chi connectivity index (χ0) is 17.7. The van der Waals surface area contributed by atoms with E-state index >= 15 is 0 Å². The molecule has 2 saturated heterocycles. The van der Waals surface area contributed by atoms with Crippen LogP contribution in [-0.2, 0) is 30.4 Å². The number of hydrogen-bond acceptors (Lipinski definition) is 6. The Morgan fingerprint density at radius 2 is 1.88 bits per heavy atom. The standard InChI is InChI=1S/C19H25NO5/c1-2-3-7-11-20-12-10-16(23-14-15-8-5-4-6-9-15)13-19(20)24-17(21)18(22)25-19/h4-6,8-9,16H,2-3,7,10-14H2,1H3. The molecule has 2 heterocycles. The van der Waals surface area contributed by atoms with Gasteiger partial charge in [-0.05, 0) is 18.4 Å². The molecule has 136 valence electrons. The highest BCUT2D eigenvalue weighted by molar-refractivity contribution is 6.31. The SMILES string of the molecule is CCCCCN1CCC(OCc2ccccc2)CC12OC(=O)C(=O)O2. The monoisotopic (exact) mass is 347 g/mol. The third-order valence-corrected chi connectivity index (χ3v) is 4.72. The molecule has 1 spiro atoms. The molecule has 0 aliphatic carbocycles. The molecule has 25 heavy (non-hydrogen) atoms. The third-order valence-electron chi connectivity index (χ3n) is 4.72. The molecule has 0 amide bonds. The minimum atomic E-state index is -1.29. The lowest BCUT2D eigenvalue weighted by Crippen LogP contribution is -2.57. The third kappa shape index (κ3) is 4.19. The van der Waals surface area contributed by atoms with Crippen LogP contribution in [0.15, 0.2) is 30.3 Å². The predicted molar refractivity (Wildman–Crippen MR) is 90.3 cm³/mol. The fraction of sp³-hybridized carbons (Fsp3) is 0.579. The van der Waals surface area contributed by atoms with Crippen molar-refractivity contribution < 1.29 is 23.8 Å². The number of nitrogens with zero attached hydrogens (tertiary/aromatic N) is 1. The van der Waals surface area contributed by atoms with Gasteiger partial charge >= 0.3 is 17.8 Å². The van der Waals surface area contributed by atoms with Crippen molar-refractivity contribution in [3.8, 4) is 0 Å². The second kappa shape index (κ2) is 7.97. The van der Waals surface area contributed by atoms with Crippen molar-refractivity contribution in [3.05, 3.63) is 35.9 Å². The van der Waals surface area contributed by atoms with Crippen LogP contribution < -0.4 is 0 Å². The minimum absolute atomic E-state index is 0.124. The van der Waals surface area contributed by atoms with Gasteiger partial charge in [0.15, 0.2) is 0 Å². The van der Waals surface area contributed by atoms with Crippen LogP contribution in [0.4, 0.5) is 0 Å². The average molecular weight is 347 g/mol. The molecule has 0 N–H and O–H groups in total. The van der Waals surface area contributed by atoms with E-state index in [9.17, 15) is 9.59 Å². The number of ether oxygens (including phenoxy) is 3. The number of likely N-dealkylation sites (tertiary alicyclic amines) is 1. The Hall–Kier alpha value is -1.92. The Bertz CT molecular complexity index is 587. The van der Waals surface area contributed by atoms with Gasteiger partial charge < -0.3 is 14.2 Å². The molecule has 2 aliphatic heterocycles. The van der Waals surface area contributed by atoms with E-state index in [4.69, 9.17) is 14.2 Å². The normalized spacial score (nSPS) is 22.8. The summed E-state index contributed by atoms with van der Waals surface area (Å²) in [7, 11) is 0. The lowest BCUT2D eigenvalue weighted by Gasteiger charge is -2.43. The molecule has 1 atom stereocenters. The van der Waals surface area contributed by atoms with Crippen LogP contribution in [0, 0.1) is 0 Å².